The first-order valence-electron chi connectivity index (χ1n) is 8.20. The van der Waals surface area contributed by atoms with Gasteiger partial charge in [-0.25, -0.2) is 4.98 Å². The predicted molar refractivity (Wildman–Crippen MR) is 92.5 cm³/mol. The fourth-order valence-electron chi connectivity index (χ4n) is 3.24. The first-order valence-corrected chi connectivity index (χ1v) is 8.20. The summed E-state index contributed by atoms with van der Waals surface area (Å²) in [7, 11) is 1.32. The summed E-state index contributed by atoms with van der Waals surface area (Å²) in [6.45, 7) is 2.02. The van der Waals surface area contributed by atoms with E-state index in [1.807, 2.05) is 4.90 Å². The smallest absolute Gasteiger partial charge is 0.418 e. The maximum atomic E-state index is 12.8. The Kier molecular flexibility index (Phi) is 6.23. The lowest BCUT2D eigenvalue weighted by molar-refractivity contribution is -0.139. The topological polar surface area (TPSA) is 71.7 Å². The molecule has 26 heavy (non-hydrogen) atoms. The van der Waals surface area contributed by atoms with Crippen LogP contribution < -0.4 is 15.4 Å². The molecule has 3 rings (SSSR count). The lowest BCUT2D eigenvalue weighted by Crippen LogP contribution is -2.53. The normalized spacial score (nSPS) is 23.1. The Morgan fingerprint density at radius 3 is 2.38 bits per heavy atom. The van der Waals surface area contributed by atoms with Crippen molar-refractivity contribution in [3.8, 4) is 5.75 Å². The van der Waals surface area contributed by atoms with E-state index in [9.17, 15) is 18.0 Å². The molecule has 2 N–H and O–H groups in total. The minimum atomic E-state index is -4.46. The summed E-state index contributed by atoms with van der Waals surface area (Å²) in [5.41, 5.74) is 4.88. The molecule has 1 aromatic heterocycles. The largest absolute Gasteiger partial charge is 0.493 e. The van der Waals surface area contributed by atoms with Gasteiger partial charge in [0.25, 0.3) is 0 Å². The molecule has 10 heteroatoms. The lowest BCUT2D eigenvalue weighted by atomic mass is 9.80. The number of amides is 1. The molecule has 2 aliphatic rings. The third-order valence-electron chi connectivity index (χ3n) is 4.79. The Morgan fingerprint density at radius 1 is 1.27 bits per heavy atom. The number of piperazine rings is 1. The first kappa shape index (κ1) is 20.6. The van der Waals surface area contributed by atoms with Crippen LogP contribution in [0.3, 0.4) is 0 Å². The first-order chi connectivity index (χ1) is 11.8. The molecule has 6 nitrogen and oxygen atoms in total. The summed E-state index contributed by atoms with van der Waals surface area (Å²) in [5.74, 6) is 0.585. The minimum Gasteiger partial charge on any atom is -0.493 e. The van der Waals surface area contributed by atoms with E-state index >= 15 is 0 Å². The van der Waals surface area contributed by atoms with Gasteiger partial charge in [-0.15, -0.1) is 12.4 Å². The van der Waals surface area contributed by atoms with Crippen molar-refractivity contribution in [2.24, 2.45) is 11.7 Å². The van der Waals surface area contributed by atoms with Crippen LogP contribution in [0.1, 0.15) is 18.4 Å². The summed E-state index contributed by atoms with van der Waals surface area (Å²) in [5, 5.41) is 0. The van der Waals surface area contributed by atoms with Crippen molar-refractivity contribution in [3.63, 3.8) is 0 Å². The molecule has 1 aliphatic heterocycles. The Morgan fingerprint density at radius 2 is 1.88 bits per heavy atom. The second-order valence-corrected chi connectivity index (χ2v) is 6.49. The van der Waals surface area contributed by atoms with Crippen molar-refractivity contribution in [3.05, 3.63) is 17.8 Å². The molecule has 146 valence electrons. The van der Waals surface area contributed by atoms with E-state index < -0.39 is 11.7 Å². The zero-order valence-corrected chi connectivity index (χ0v) is 15.1. The molecule has 1 saturated carbocycles. The molecular formula is C16H22ClF3N4O2. The van der Waals surface area contributed by atoms with Gasteiger partial charge in [0.05, 0.1) is 12.7 Å². The number of methoxy groups -OCH3 is 1. The summed E-state index contributed by atoms with van der Waals surface area (Å²) >= 11 is 0. The van der Waals surface area contributed by atoms with Crippen LogP contribution >= 0.6 is 12.4 Å². The Hall–Kier alpha value is -1.74. The Balaban J connectivity index is 0.00000243. The van der Waals surface area contributed by atoms with Crippen LogP contribution in [0.2, 0.25) is 0 Å². The SMILES string of the molecule is COc1cc(C(F)(F)F)cnc1N1CCN(C(=O)C2CC(N)C2)CC1.Cl. The van der Waals surface area contributed by atoms with Gasteiger partial charge in [0.2, 0.25) is 5.91 Å². The van der Waals surface area contributed by atoms with Crippen LogP contribution in [0.25, 0.3) is 0 Å². The maximum Gasteiger partial charge on any atom is 0.418 e. The molecule has 2 fully saturated rings. The monoisotopic (exact) mass is 394 g/mol. The highest BCUT2D eigenvalue weighted by atomic mass is 35.5. The number of nitrogens with two attached hydrogens (primary N) is 1. The highest BCUT2D eigenvalue weighted by molar-refractivity contribution is 5.85. The minimum absolute atomic E-state index is 0. The molecule has 0 radical (unpaired) electrons. The molecule has 1 saturated heterocycles. The van der Waals surface area contributed by atoms with Gasteiger partial charge in [-0.1, -0.05) is 0 Å². The molecule has 0 aromatic carbocycles. The summed E-state index contributed by atoms with van der Waals surface area (Å²) < 4.78 is 43.5. The number of alkyl halides is 3. The zero-order valence-electron chi connectivity index (χ0n) is 14.3. The summed E-state index contributed by atoms with van der Waals surface area (Å²) in [6.07, 6.45) is -2.20. The van der Waals surface area contributed by atoms with E-state index in [0.717, 1.165) is 25.1 Å². The van der Waals surface area contributed by atoms with Gasteiger partial charge in [0.1, 0.15) is 0 Å². The van der Waals surface area contributed by atoms with Crippen LogP contribution in [0.15, 0.2) is 12.3 Å². The van der Waals surface area contributed by atoms with Crippen molar-refractivity contribution < 1.29 is 22.7 Å². The van der Waals surface area contributed by atoms with Crippen molar-refractivity contribution in [1.82, 2.24) is 9.88 Å². The van der Waals surface area contributed by atoms with E-state index in [4.69, 9.17) is 10.5 Å². The van der Waals surface area contributed by atoms with Gasteiger partial charge in [0, 0.05) is 44.3 Å². The predicted octanol–water partition coefficient (Wildman–Crippen LogP) is 1.92. The van der Waals surface area contributed by atoms with E-state index in [-0.39, 0.29) is 36.0 Å². The second-order valence-electron chi connectivity index (χ2n) is 6.49. The third kappa shape index (κ3) is 4.15. The number of aromatic nitrogens is 1. The lowest BCUT2D eigenvalue weighted by Gasteiger charge is -2.40. The molecule has 0 spiro atoms. The number of rotatable bonds is 3. The van der Waals surface area contributed by atoms with Gasteiger partial charge >= 0.3 is 6.18 Å². The van der Waals surface area contributed by atoms with Gasteiger partial charge in [-0.05, 0) is 18.9 Å². The van der Waals surface area contributed by atoms with E-state index in [1.165, 1.54) is 7.11 Å². The molecule has 0 atom stereocenters. The highest BCUT2D eigenvalue weighted by Gasteiger charge is 2.36. The number of carbonyl (C=O) groups is 1. The quantitative estimate of drug-likeness (QED) is 0.848. The molecule has 1 aliphatic carbocycles. The van der Waals surface area contributed by atoms with Crippen LogP contribution in [0.5, 0.6) is 5.75 Å². The van der Waals surface area contributed by atoms with Crippen molar-refractivity contribution in [2.75, 3.05) is 38.2 Å². The number of hydrogen-bond acceptors (Lipinski definition) is 5. The third-order valence-corrected chi connectivity index (χ3v) is 4.79. The Labute approximate surface area is 155 Å². The van der Waals surface area contributed by atoms with E-state index in [2.05, 4.69) is 4.98 Å². The number of halogens is 4. The number of pyridine rings is 1. The average Bonchev–Trinajstić information content (AvgIpc) is 2.57. The number of nitrogens with zero attached hydrogens (tertiary/aromatic N) is 3. The van der Waals surface area contributed by atoms with Gasteiger partial charge in [-0.2, -0.15) is 13.2 Å². The highest BCUT2D eigenvalue weighted by Crippen LogP contribution is 2.35. The van der Waals surface area contributed by atoms with Crippen molar-refractivity contribution in [2.45, 2.75) is 25.1 Å². The van der Waals surface area contributed by atoms with Crippen LogP contribution in [0, 0.1) is 5.92 Å². The standard InChI is InChI=1S/C16H21F3N4O2.ClH/c1-25-13-8-11(16(17,18)19)9-21-14(13)22-2-4-23(5-3-22)15(24)10-6-12(20)7-10;/h8-10,12H,2-7,20H2,1H3;1H. The molecule has 2 heterocycles. The number of ether oxygens (including phenoxy) is 1. The molecular weight excluding hydrogens is 373 g/mol. The van der Waals surface area contributed by atoms with Crippen molar-refractivity contribution >= 4 is 24.1 Å². The van der Waals surface area contributed by atoms with Gasteiger partial charge in [-0.3, -0.25) is 4.79 Å². The summed E-state index contributed by atoms with van der Waals surface area (Å²) in [6, 6.07) is 1.08. The number of anilines is 1. The van der Waals surface area contributed by atoms with Crippen molar-refractivity contribution in [1.29, 1.82) is 0 Å². The Bertz CT molecular complexity index is 645. The second kappa shape index (κ2) is 7.87. The number of carbonyl (C=O) groups excluding carboxylic acids is 1. The van der Waals surface area contributed by atoms with Crippen LogP contribution in [-0.2, 0) is 11.0 Å². The van der Waals surface area contributed by atoms with E-state index in [0.29, 0.717) is 32.0 Å². The van der Waals surface area contributed by atoms with Gasteiger partial charge in [0.15, 0.2) is 11.6 Å². The molecule has 1 aromatic rings. The molecule has 0 bridgehead atoms. The van der Waals surface area contributed by atoms with Gasteiger partial charge < -0.3 is 20.3 Å². The average molecular weight is 395 g/mol. The van der Waals surface area contributed by atoms with Crippen LogP contribution in [0.4, 0.5) is 19.0 Å². The number of hydrogen-bond donors (Lipinski definition) is 1. The molecule has 1 amide bonds. The fraction of sp³-hybridized carbons (Fsp3) is 0.625. The molecule has 0 unspecified atom stereocenters. The zero-order chi connectivity index (χ0) is 18.2. The summed E-state index contributed by atoms with van der Waals surface area (Å²) in [4.78, 5) is 19.9. The van der Waals surface area contributed by atoms with E-state index in [1.54, 1.807) is 4.90 Å². The van der Waals surface area contributed by atoms with Crippen LogP contribution in [-0.4, -0.2) is 55.1 Å². The maximum absolute atomic E-state index is 12.8. The fourth-order valence-corrected chi connectivity index (χ4v) is 3.24.